The van der Waals surface area contributed by atoms with Crippen molar-refractivity contribution in [2.24, 2.45) is 0 Å². The molecule has 0 bridgehead atoms. The van der Waals surface area contributed by atoms with Crippen LogP contribution in [0.25, 0.3) is 12.2 Å². The van der Waals surface area contributed by atoms with E-state index >= 15 is 0 Å². The first-order valence-electron chi connectivity index (χ1n) is 9.70. The van der Waals surface area contributed by atoms with E-state index in [1.54, 1.807) is 26.3 Å². The highest BCUT2D eigenvalue weighted by molar-refractivity contribution is 5.81. The second-order valence-electron chi connectivity index (χ2n) is 7.96. The molecule has 7 heteroatoms. The van der Waals surface area contributed by atoms with E-state index in [-0.39, 0.29) is 6.54 Å². The predicted molar refractivity (Wildman–Crippen MR) is 117 cm³/mol. The number of nitrogens with one attached hydrogen (secondary N) is 2. The smallest absolute Gasteiger partial charge is 0.407 e. The SMILES string of the molecule is CC(C)(C)N(C[C@H](NCc1ccc(C=Cc2ccccc2)cc1)C(=O)NO)C(=O)O. The zero-order valence-corrected chi connectivity index (χ0v) is 17.5. The summed E-state index contributed by atoms with van der Waals surface area (Å²) in [6.07, 6.45) is 2.92. The maximum atomic E-state index is 12.0. The summed E-state index contributed by atoms with van der Waals surface area (Å²) >= 11 is 0. The average Bonchev–Trinajstić information content (AvgIpc) is 2.72. The minimum Gasteiger partial charge on any atom is -0.465 e. The van der Waals surface area contributed by atoms with E-state index in [1.165, 1.54) is 0 Å². The van der Waals surface area contributed by atoms with Crippen molar-refractivity contribution in [3.8, 4) is 0 Å². The number of hydrogen-bond acceptors (Lipinski definition) is 4. The molecule has 4 N–H and O–H groups in total. The van der Waals surface area contributed by atoms with E-state index in [4.69, 9.17) is 5.21 Å². The van der Waals surface area contributed by atoms with Crippen molar-refractivity contribution in [2.75, 3.05) is 6.54 Å². The molecule has 0 fully saturated rings. The standard InChI is InChI=1S/C23H29N3O4/c1-23(2,3)26(22(28)29)16-20(21(27)25-30)24-15-19-13-11-18(12-14-19)10-9-17-7-5-4-6-8-17/h4-14,20,24,30H,15-16H2,1-3H3,(H,25,27)(H,28,29)/t20-/m0/s1. The van der Waals surface area contributed by atoms with Crippen LogP contribution in [0, 0.1) is 0 Å². The molecule has 0 saturated heterocycles. The van der Waals surface area contributed by atoms with E-state index in [1.807, 2.05) is 66.7 Å². The van der Waals surface area contributed by atoms with Crippen LogP contribution in [0.15, 0.2) is 54.6 Å². The fourth-order valence-electron chi connectivity index (χ4n) is 2.88. The maximum absolute atomic E-state index is 12.0. The van der Waals surface area contributed by atoms with Crippen molar-refractivity contribution < 1.29 is 19.9 Å². The quantitative estimate of drug-likeness (QED) is 0.302. The number of benzene rings is 2. The van der Waals surface area contributed by atoms with Crippen LogP contribution in [0.4, 0.5) is 4.79 Å². The molecule has 30 heavy (non-hydrogen) atoms. The zero-order valence-electron chi connectivity index (χ0n) is 17.5. The molecule has 0 saturated carbocycles. The fourth-order valence-corrected chi connectivity index (χ4v) is 2.88. The lowest BCUT2D eigenvalue weighted by atomic mass is 10.1. The Bertz CT molecular complexity index is 858. The first kappa shape index (κ1) is 23.1. The van der Waals surface area contributed by atoms with Gasteiger partial charge in [-0.15, -0.1) is 0 Å². The van der Waals surface area contributed by atoms with Crippen LogP contribution >= 0.6 is 0 Å². The Labute approximate surface area is 177 Å². The number of hydroxylamine groups is 1. The summed E-state index contributed by atoms with van der Waals surface area (Å²) in [4.78, 5) is 24.8. The monoisotopic (exact) mass is 411 g/mol. The molecular weight excluding hydrogens is 382 g/mol. The summed E-state index contributed by atoms with van der Waals surface area (Å²) in [6, 6.07) is 16.9. The van der Waals surface area contributed by atoms with Crippen molar-refractivity contribution in [2.45, 2.75) is 38.9 Å². The molecule has 0 radical (unpaired) electrons. The zero-order chi connectivity index (χ0) is 22.1. The number of carbonyl (C=O) groups is 2. The summed E-state index contributed by atoms with van der Waals surface area (Å²) in [5.74, 6) is -0.687. The van der Waals surface area contributed by atoms with Gasteiger partial charge in [0.15, 0.2) is 0 Å². The highest BCUT2D eigenvalue weighted by Gasteiger charge is 2.31. The molecule has 2 rings (SSSR count). The first-order chi connectivity index (χ1) is 14.2. The third-order valence-corrected chi connectivity index (χ3v) is 4.63. The Morgan fingerprint density at radius 1 is 1.00 bits per heavy atom. The summed E-state index contributed by atoms with van der Waals surface area (Å²) < 4.78 is 0. The van der Waals surface area contributed by atoms with Crippen LogP contribution in [0.3, 0.4) is 0 Å². The van der Waals surface area contributed by atoms with E-state index in [0.29, 0.717) is 6.54 Å². The van der Waals surface area contributed by atoms with Gasteiger partial charge in [0.25, 0.3) is 5.91 Å². The van der Waals surface area contributed by atoms with Gasteiger partial charge in [0.2, 0.25) is 0 Å². The molecule has 2 aromatic carbocycles. The minimum absolute atomic E-state index is 0.0941. The highest BCUT2D eigenvalue weighted by Crippen LogP contribution is 2.15. The van der Waals surface area contributed by atoms with Gasteiger partial charge in [0.05, 0.1) is 0 Å². The lowest BCUT2D eigenvalue weighted by Gasteiger charge is -2.35. The molecule has 160 valence electrons. The Kier molecular flexibility index (Phi) is 8.15. The summed E-state index contributed by atoms with van der Waals surface area (Å²) in [5.41, 5.74) is 4.01. The molecule has 2 aromatic rings. The third-order valence-electron chi connectivity index (χ3n) is 4.63. The number of hydrogen-bond donors (Lipinski definition) is 4. The molecule has 0 aliphatic carbocycles. The highest BCUT2D eigenvalue weighted by atomic mass is 16.5. The van der Waals surface area contributed by atoms with Crippen LogP contribution in [-0.2, 0) is 11.3 Å². The minimum atomic E-state index is -1.13. The first-order valence-corrected chi connectivity index (χ1v) is 9.70. The van der Waals surface area contributed by atoms with Gasteiger partial charge in [-0.2, -0.15) is 0 Å². The number of rotatable bonds is 8. The fraction of sp³-hybridized carbons (Fsp3) is 0.304. The molecule has 0 aromatic heterocycles. The summed E-state index contributed by atoms with van der Waals surface area (Å²) in [6.45, 7) is 5.49. The van der Waals surface area contributed by atoms with Crippen LogP contribution in [0.2, 0.25) is 0 Å². The number of amides is 2. The topological polar surface area (TPSA) is 102 Å². The molecule has 1 atom stereocenters. The summed E-state index contributed by atoms with van der Waals surface area (Å²) in [5, 5.41) is 21.5. The second-order valence-corrected chi connectivity index (χ2v) is 7.96. The van der Waals surface area contributed by atoms with Crippen molar-refractivity contribution in [3.05, 3.63) is 71.3 Å². The summed E-state index contributed by atoms with van der Waals surface area (Å²) in [7, 11) is 0. The Hall–Kier alpha value is -3.16. The van der Waals surface area contributed by atoms with Gasteiger partial charge in [-0.3, -0.25) is 10.0 Å². The Morgan fingerprint density at radius 2 is 1.57 bits per heavy atom. The number of carbonyl (C=O) groups excluding carboxylic acids is 1. The van der Waals surface area contributed by atoms with Gasteiger partial charge in [0.1, 0.15) is 6.04 Å². The molecule has 0 aliphatic rings. The largest absolute Gasteiger partial charge is 0.465 e. The lowest BCUT2D eigenvalue weighted by molar-refractivity contribution is -0.132. The molecule has 0 heterocycles. The van der Waals surface area contributed by atoms with Crippen molar-refractivity contribution >= 4 is 24.2 Å². The Balaban J connectivity index is 2.02. The number of nitrogens with zero attached hydrogens (tertiary/aromatic N) is 1. The van der Waals surface area contributed by atoms with Crippen molar-refractivity contribution in [1.82, 2.24) is 15.7 Å². The average molecular weight is 412 g/mol. The van der Waals surface area contributed by atoms with E-state index < -0.39 is 23.6 Å². The van der Waals surface area contributed by atoms with Gasteiger partial charge in [0, 0.05) is 18.6 Å². The predicted octanol–water partition coefficient (Wildman–Crippen LogP) is 3.60. The van der Waals surface area contributed by atoms with Crippen molar-refractivity contribution in [1.29, 1.82) is 0 Å². The van der Waals surface area contributed by atoms with Crippen LogP contribution in [0.5, 0.6) is 0 Å². The normalized spacial score (nSPS) is 12.5. The molecule has 0 aliphatic heterocycles. The molecule has 0 unspecified atom stereocenters. The lowest BCUT2D eigenvalue weighted by Crippen LogP contribution is -2.55. The van der Waals surface area contributed by atoms with E-state index in [2.05, 4.69) is 5.32 Å². The molecule has 0 spiro atoms. The second kappa shape index (κ2) is 10.6. The molecular formula is C23H29N3O4. The van der Waals surface area contributed by atoms with Crippen LogP contribution < -0.4 is 10.8 Å². The van der Waals surface area contributed by atoms with Crippen molar-refractivity contribution in [3.63, 3.8) is 0 Å². The van der Waals surface area contributed by atoms with Gasteiger partial charge < -0.3 is 15.3 Å². The molecule has 2 amide bonds. The maximum Gasteiger partial charge on any atom is 0.407 e. The van der Waals surface area contributed by atoms with E-state index in [9.17, 15) is 14.7 Å². The Morgan fingerprint density at radius 3 is 2.07 bits per heavy atom. The number of carboxylic acid groups (broad SMARTS) is 1. The third kappa shape index (κ3) is 7.02. The van der Waals surface area contributed by atoms with E-state index in [0.717, 1.165) is 21.6 Å². The van der Waals surface area contributed by atoms with Gasteiger partial charge in [-0.25, -0.2) is 10.3 Å². The van der Waals surface area contributed by atoms with Crippen LogP contribution in [-0.4, -0.2) is 45.3 Å². The van der Waals surface area contributed by atoms with Gasteiger partial charge in [-0.1, -0.05) is 66.7 Å². The van der Waals surface area contributed by atoms with Crippen LogP contribution in [0.1, 0.15) is 37.5 Å². The van der Waals surface area contributed by atoms with Gasteiger partial charge in [-0.05, 0) is 37.5 Å². The molecule has 7 nitrogen and oxygen atoms in total. The van der Waals surface area contributed by atoms with Gasteiger partial charge >= 0.3 is 6.09 Å².